The van der Waals surface area contributed by atoms with E-state index in [1.54, 1.807) is 0 Å². The molecule has 5 aliphatic carbocycles. The maximum atomic E-state index is 6.93. The Kier molecular flexibility index (Phi) is 4.87. The third kappa shape index (κ3) is 3.21. The van der Waals surface area contributed by atoms with Crippen LogP contribution in [0.25, 0.3) is 0 Å². The molecule has 2 N–H and O–H groups in total. The van der Waals surface area contributed by atoms with Gasteiger partial charge in [-0.15, -0.1) is 0 Å². The highest BCUT2D eigenvalue weighted by atomic mass is 17.3. The number of rotatable bonds is 5. The summed E-state index contributed by atoms with van der Waals surface area (Å²) >= 11 is 0. The van der Waals surface area contributed by atoms with Crippen molar-refractivity contribution in [2.45, 2.75) is 81.7 Å². The van der Waals surface area contributed by atoms with Crippen LogP contribution in [0.2, 0.25) is 0 Å². The zero-order valence-corrected chi connectivity index (χ0v) is 17.9. The standard InChI is InChI=1S/C25H35NO4/c26-8-3-9-27-23-6-1-4-19(15-23)20-5-2-7-24(16-20)28-25(30-29-24)21-11-17-10-18(13-21)14-22(25)12-17/h1,4,6,15,17-18,20-22H,2-3,5,7-14,16,26H2/t17?,18?,20?,21?,22?,24-,25?/m1/s1. The molecular weight excluding hydrogens is 378 g/mol. The van der Waals surface area contributed by atoms with Gasteiger partial charge in [-0.1, -0.05) is 12.1 Å². The monoisotopic (exact) mass is 413 g/mol. The van der Waals surface area contributed by atoms with Gasteiger partial charge in [0.15, 0.2) is 0 Å². The first-order chi connectivity index (χ1) is 14.7. The largest absolute Gasteiger partial charge is 0.494 e. The van der Waals surface area contributed by atoms with Crippen LogP contribution in [0.3, 0.4) is 0 Å². The van der Waals surface area contributed by atoms with Crippen LogP contribution in [0.4, 0.5) is 0 Å². The summed E-state index contributed by atoms with van der Waals surface area (Å²) in [5, 5.41) is 0. The normalized spacial score (nSPS) is 44.2. The lowest BCUT2D eigenvalue weighted by molar-refractivity contribution is -0.390. The molecule has 1 aliphatic heterocycles. The first kappa shape index (κ1) is 19.5. The van der Waals surface area contributed by atoms with Crippen molar-refractivity contribution in [3.8, 4) is 5.75 Å². The lowest BCUT2D eigenvalue weighted by Gasteiger charge is -2.57. The van der Waals surface area contributed by atoms with Gasteiger partial charge in [0.05, 0.1) is 6.61 Å². The molecule has 1 aromatic rings. The molecule has 2 spiro atoms. The molecule has 5 nitrogen and oxygen atoms in total. The second kappa shape index (κ2) is 7.47. The quantitative estimate of drug-likeness (QED) is 0.549. The SMILES string of the molecule is NCCCOc1cccc(C2CCC[C@]3(C2)OOC2(O3)C3CC4CC(C3)CC2C4)c1. The summed E-state index contributed by atoms with van der Waals surface area (Å²) in [6.45, 7) is 1.33. The molecule has 4 bridgehead atoms. The van der Waals surface area contributed by atoms with Gasteiger partial charge in [0.2, 0.25) is 11.6 Å². The Balaban J connectivity index is 1.18. The van der Waals surface area contributed by atoms with E-state index in [1.807, 2.05) is 6.07 Å². The molecule has 2 atom stereocenters. The van der Waals surface area contributed by atoms with Crippen LogP contribution >= 0.6 is 0 Å². The fourth-order valence-electron chi connectivity index (χ4n) is 7.39. The Hall–Kier alpha value is -1.14. The first-order valence-electron chi connectivity index (χ1n) is 12.2. The molecule has 6 fully saturated rings. The topological polar surface area (TPSA) is 62.9 Å². The predicted molar refractivity (Wildman–Crippen MR) is 113 cm³/mol. The Bertz CT molecular complexity index is 754. The smallest absolute Gasteiger partial charge is 0.210 e. The lowest BCUT2D eigenvalue weighted by Crippen LogP contribution is -2.59. The van der Waals surface area contributed by atoms with Crippen LogP contribution in [0, 0.1) is 23.7 Å². The van der Waals surface area contributed by atoms with Crippen LogP contribution in [-0.4, -0.2) is 24.7 Å². The van der Waals surface area contributed by atoms with Gasteiger partial charge in [0.25, 0.3) is 0 Å². The van der Waals surface area contributed by atoms with Crippen molar-refractivity contribution < 1.29 is 19.2 Å². The van der Waals surface area contributed by atoms with Crippen LogP contribution in [0.5, 0.6) is 5.75 Å². The van der Waals surface area contributed by atoms with Gasteiger partial charge in [-0.3, -0.25) is 0 Å². The van der Waals surface area contributed by atoms with Crippen molar-refractivity contribution in [2.75, 3.05) is 13.2 Å². The molecule has 1 unspecified atom stereocenters. The van der Waals surface area contributed by atoms with Crippen molar-refractivity contribution in [1.82, 2.24) is 0 Å². The zero-order valence-electron chi connectivity index (χ0n) is 17.9. The summed E-state index contributed by atoms with van der Waals surface area (Å²) in [4.78, 5) is 12.4. The van der Waals surface area contributed by atoms with E-state index in [9.17, 15) is 0 Å². The molecule has 0 amide bonds. The van der Waals surface area contributed by atoms with Crippen molar-refractivity contribution >= 4 is 0 Å². The number of nitrogens with two attached hydrogens (primary N) is 1. The summed E-state index contributed by atoms with van der Waals surface area (Å²) in [5.74, 6) is 3.12. The van der Waals surface area contributed by atoms with E-state index in [0.29, 0.717) is 30.9 Å². The highest BCUT2D eigenvalue weighted by molar-refractivity contribution is 5.31. The Morgan fingerprint density at radius 3 is 2.60 bits per heavy atom. The second-order valence-corrected chi connectivity index (χ2v) is 10.6. The number of benzene rings is 1. The minimum absolute atomic E-state index is 0.410. The number of hydrogen-bond donors (Lipinski definition) is 1. The molecule has 6 aliphatic rings. The summed E-state index contributed by atoms with van der Waals surface area (Å²) < 4.78 is 12.8. The molecule has 5 heteroatoms. The average molecular weight is 414 g/mol. The fourth-order valence-corrected chi connectivity index (χ4v) is 7.39. The van der Waals surface area contributed by atoms with Crippen molar-refractivity contribution in [3.63, 3.8) is 0 Å². The molecule has 164 valence electrons. The van der Waals surface area contributed by atoms with Gasteiger partial charge >= 0.3 is 0 Å². The second-order valence-electron chi connectivity index (χ2n) is 10.6. The Labute approximate surface area is 179 Å². The minimum Gasteiger partial charge on any atom is -0.494 e. The van der Waals surface area contributed by atoms with E-state index in [4.69, 9.17) is 25.0 Å². The number of ether oxygens (including phenoxy) is 2. The van der Waals surface area contributed by atoms with E-state index in [-0.39, 0.29) is 0 Å². The van der Waals surface area contributed by atoms with Crippen LogP contribution in [-0.2, 0) is 14.5 Å². The van der Waals surface area contributed by atoms with Crippen molar-refractivity contribution in [2.24, 2.45) is 29.4 Å². The third-order valence-corrected chi connectivity index (χ3v) is 8.56. The highest BCUT2D eigenvalue weighted by Crippen LogP contribution is 2.64. The average Bonchev–Trinajstić information content (AvgIpc) is 3.11. The van der Waals surface area contributed by atoms with Crippen LogP contribution in [0.1, 0.15) is 75.7 Å². The minimum atomic E-state index is -0.575. The summed E-state index contributed by atoms with van der Waals surface area (Å²) in [6, 6.07) is 8.54. The van der Waals surface area contributed by atoms with Gasteiger partial charge in [-0.05, 0) is 93.4 Å². The van der Waals surface area contributed by atoms with Crippen LogP contribution in [0.15, 0.2) is 24.3 Å². The summed E-state index contributed by atoms with van der Waals surface area (Å²) in [6.07, 6.45) is 11.4. The van der Waals surface area contributed by atoms with E-state index in [0.717, 1.165) is 49.7 Å². The summed E-state index contributed by atoms with van der Waals surface area (Å²) in [7, 11) is 0. The van der Waals surface area contributed by atoms with E-state index in [2.05, 4.69) is 18.2 Å². The number of hydrogen-bond acceptors (Lipinski definition) is 5. The summed E-state index contributed by atoms with van der Waals surface area (Å²) in [5.41, 5.74) is 6.91. The third-order valence-electron chi connectivity index (χ3n) is 8.56. The molecule has 0 radical (unpaired) electrons. The Morgan fingerprint density at radius 2 is 1.83 bits per heavy atom. The zero-order chi connectivity index (χ0) is 20.2. The van der Waals surface area contributed by atoms with Crippen LogP contribution < -0.4 is 10.5 Å². The van der Waals surface area contributed by atoms with Gasteiger partial charge in [-0.2, -0.15) is 9.78 Å². The van der Waals surface area contributed by atoms with Crippen molar-refractivity contribution in [3.05, 3.63) is 29.8 Å². The lowest BCUT2D eigenvalue weighted by atomic mass is 9.53. The molecule has 1 aromatic carbocycles. The fraction of sp³-hybridized carbons (Fsp3) is 0.760. The van der Waals surface area contributed by atoms with Crippen molar-refractivity contribution in [1.29, 1.82) is 0 Å². The molecule has 1 heterocycles. The van der Waals surface area contributed by atoms with E-state index >= 15 is 0 Å². The molecule has 7 rings (SSSR count). The molecule has 30 heavy (non-hydrogen) atoms. The first-order valence-corrected chi connectivity index (χ1v) is 12.2. The molecule has 1 saturated heterocycles. The van der Waals surface area contributed by atoms with E-state index < -0.39 is 11.6 Å². The molecule has 5 saturated carbocycles. The van der Waals surface area contributed by atoms with E-state index in [1.165, 1.54) is 37.7 Å². The maximum Gasteiger partial charge on any atom is 0.210 e. The maximum absolute atomic E-state index is 6.93. The molecular formula is C25H35NO4. The van der Waals surface area contributed by atoms with Gasteiger partial charge < -0.3 is 15.2 Å². The molecule has 0 aromatic heterocycles. The highest BCUT2D eigenvalue weighted by Gasteiger charge is 2.67. The van der Waals surface area contributed by atoms with Gasteiger partial charge in [0.1, 0.15) is 5.75 Å². The Morgan fingerprint density at radius 1 is 1.03 bits per heavy atom. The van der Waals surface area contributed by atoms with Gasteiger partial charge in [-0.25, -0.2) is 0 Å². The predicted octanol–water partition coefficient (Wildman–Crippen LogP) is 4.90. The van der Waals surface area contributed by atoms with Gasteiger partial charge in [0, 0.05) is 24.7 Å².